The SMILES string of the molecule is CN(CC[C@@H]1CCCCO1)Cc1ccc2cc(O)ccc2c1. The first-order valence-corrected chi connectivity index (χ1v) is 8.22. The van der Waals surface area contributed by atoms with Crippen molar-refractivity contribution in [2.75, 3.05) is 20.2 Å². The van der Waals surface area contributed by atoms with E-state index in [1.54, 1.807) is 6.07 Å². The van der Waals surface area contributed by atoms with E-state index in [1.807, 2.05) is 12.1 Å². The maximum Gasteiger partial charge on any atom is 0.116 e. The van der Waals surface area contributed by atoms with Crippen molar-refractivity contribution in [3.05, 3.63) is 42.0 Å². The molecule has 0 bridgehead atoms. The van der Waals surface area contributed by atoms with Gasteiger partial charge in [0.15, 0.2) is 0 Å². The standard InChI is InChI=1S/C19H25NO2/c1-20(10-9-19-4-2-3-11-22-19)14-15-5-6-17-13-18(21)8-7-16(17)12-15/h5-8,12-13,19,21H,2-4,9-11,14H2,1H3/t19-/m0/s1. The quantitative estimate of drug-likeness (QED) is 0.908. The average Bonchev–Trinajstić information content (AvgIpc) is 2.54. The summed E-state index contributed by atoms with van der Waals surface area (Å²) in [5.41, 5.74) is 1.31. The van der Waals surface area contributed by atoms with Crippen molar-refractivity contribution in [2.45, 2.75) is 38.3 Å². The summed E-state index contributed by atoms with van der Waals surface area (Å²) >= 11 is 0. The molecule has 3 rings (SSSR count). The predicted molar refractivity (Wildman–Crippen MR) is 90.2 cm³/mol. The van der Waals surface area contributed by atoms with Crippen LogP contribution < -0.4 is 0 Å². The van der Waals surface area contributed by atoms with E-state index in [0.717, 1.165) is 31.5 Å². The Hall–Kier alpha value is -1.58. The van der Waals surface area contributed by atoms with Crippen molar-refractivity contribution in [1.82, 2.24) is 4.90 Å². The van der Waals surface area contributed by atoms with E-state index in [-0.39, 0.29) is 0 Å². The maximum atomic E-state index is 9.52. The first-order chi connectivity index (χ1) is 10.7. The third-order valence-corrected chi connectivity index (χ3v) is 4.45. The van der Waals surface area contributed by atoms with E-state index in [0.29, 0.717) is 11.9 Å². The lowest BCUT2D eigenvalue weighted by Crippen LogP contribution is -2.26. The fourth-order valence-electron chi connectivity index (χ4n) is 3.17. The van der Waals surface area contributed by atoms with E-state index in [9.17, 15) is 5.11 Å². The Bertz CT molecular complexity index is 620. The first kappa shape index (κ1) is 15.3. The second-order valence-corrected chi connectivity index (χ2v) is 6.38. The molecule has 0 unspecified atom stereocenters. The number of benzene rings is 2. The van der Waals surface area contributed by atoms with Gasteiger partial charge in [0, 0.05) is 19.7 Å². The molecule has 0 spiro atoms. The molecule has 22 heavy (non-hydrogen) atoms. The lowest BCUT2D eigenvalue weighted by Gasteiger charge is -2.25. The summed E-state index contributed by atoms with van der Waals surface area (Å²) in [5, 5.41) is 11.8. The highest BCUT2D eigenvalue weighted by atomic mass is 16.5. The summed E-state index contributed by atoms with van der Waals surface area (Å²) in [6.07, 6.45) is 5.33. The fraction of sp³-hybridized carbons (Fsp3) is 0.474. The third-order valence-electron chi connectivity index (χ3n) is 4.45. The van der Waals surface area contributed by atoms with Crippen LogP contribution in [0.4, 0.5) is 0 Å². The van der Waals surface area contributed by atoms with Crippen molar-refractivity contribution in [3.63, 3.8) is 0 Å². The molecule has 1 aliphatic heterocycles. The van der Waals surface area contributed by atoms with Crippen LogP contribution >= 0.6 is 0 Å². The number of rotatable bonds is 5. The molecule has 118 valence electrons. The number of hydrogen-bond donors (Lipinski definition) is 1. The van der Waals surface area contributed by atoms with E-state index < -0.39 is 0 Å². The molecule has 0 radical (unpaired) electrons. The molecule has 0 aliphatic carbocycles. The molecular weight excluding hydrogens is 274 g/mol. The highest BCUT2D eigenvalue weighted by Crippen LogP contribution is 2.22. The van der Waals surface area contributed by atoms with Crippen molar-refractivity contribution < 1.29 is 9.84 Å². The van der Waals surface area contributed by atoms with Gasteiger partial charge >= 0.3 is 0 Å². The summed E-state index contributed by atoms with van der Waals surface area (Å²) in [5.74, 6) is 0.324. The van der Waals surface area contributed by atoms with Gasteiger partial charge in [-0.15, -0.1) is 0 Å². The molecule has 0 aromatic heterocycles. The normalized spacial score (nSPS) is 18.9. The molecule has 1 N–H and O–H groups in total. The highest BCUT2D eigenvalue weighted by molar-refractivity contribution is 5.84. The van der Waals surface area contributed by atoms with E-state index in [4.69, 9.17) is 4.74 Å². The number of fused-ring (bicyclic) bond motifs is 1. The van der Waals surface area contributed by atoms with Crippen LogP contribution in [0.1, 0.15) is 31.2 Å². The van der Waals surface area contributed by atoms with Crippen LogP contribution in [0, 0.1) is 0 Å². The van der Waals surface area contributed by atoms with Gasteiger partial charge in [-0.2, -0.15) is 0 Å². The van der Waals surface area contributed by atoms with Crippen LogP contribution in [0.5, 0.6) is 5.75 Å². The van der Waals surface area contributed by atoms with Crippen LogP contribution in [0.2, 0.25) is 0 Å². The number of nitrogens with zero attached hydrogens (tertiary/aromatic N) is 1. The molecular formula is C19H25NO2. The smallest absolute Gasteiger partial charge is 0.116 e. The Morgan fingerprint density at radius 3 is 2.77 bits per heavy atom. The molecule has 3 nitrogen and oxygen atoms in total. The van der Waals surface area contributed by atoms with Gasteiger partial charge in [-0.1, -0.05) is 18.2 Å². The molecule has 3 heteroatoms. The molecule has 2 aromatic rings. The van der Waals surface area contributed by atoms with Crippen LogP contribution in [0.25, 0.3) is 10.8 Å². The Labute approximate surface area is 132 Å². The van der Waals surface area contributed by atoms with Gasteiger partial charge in [-0.05, 0) is 67.3 Å². The molecule has 1 aliphatic rings. The van der Waals surface area contributed by atoms with Crippen molar-refractivity contribution in [1.29, 1.82) is 0 Å². The zero-order valence-corrected chi connectivity index (χ0v) is 13.3. The third kappa shape index (κ3) is 3.99. The topological polar surface area (TPSA) is 32.7 Å². The molecule has 1 heterocycles. The monoisotopic (exact) mass is 299 g/mol. The fourth-order valence-corrected chi connectivity index (χ4v) is 3.17. The summed E-state index contributed by atoms with van der Waals surface area (Å²) in [6.45, 7) is 2.95. The minimum Gasteiger partial charge on any atom is -0.508 e. The molecule has 1 fully saturated rings. The summed E-state index contributed by atoms with van der Waals surface area (Å²) in [7, 11) is 2.17. The van der Waals surface area contributed by atoms with Crippen LogP contribution in [-0.4, -0.2) is 36.3 Å². The maximum absolute atomic E-state index is 9.52. The van der Waals surface area contributed by atoms with Gasteiger partial charge in [0.25, 0.3) is 0 Å². The van der Waals surface area contributed by atoms with E-state index >= 15 is 0 Å². The van der Waals surface area contributed by atoms with Crippen LogP contribution in [-0.2, 0) is 11.3 Å². The van der Waals surface area contributed by atoms with Gasteiger partial charge in [0.05, 0.1) is 6.10 Å². The second-order valence-electron chi connectivity index (χ2n) is 6.38. The second kappa shape index (κ2) is 7.12. The van der Waals surface area contributed by atoms with Crippen molar-refractivity contribution >= 4 is 10.8 Å². The largest absolute Gasteiger partial charge is 0.508 e. The zero-order chi connectivity index (χ0) is 15.4. The van der Waals surface area contributed by atoms with Crippen molar-refractivity contribution in [3.8, 4) is 5.75 Å². The number of phenols is 1. The Morgan fingerprint density at radius 2 is 1.95 bits per heavy atom. The molecule has 2 aromatic carbocycles. The Kier molecular flexibility index (Phi) is 4.96. The Balaban J connectivity index is 1.56. The number of aromatic hydroxyl groups is 1. The molecule has 1 saturated heterocycles. The average molecular weight is 299 g/mol. The highest BCUT2D eigenvalue weighted by Gasteiger charge is 2.14. The molecule has 1 atom stereocenters. The first-order valence-electron chi connectivity index (χ1n) is 8.22. The van der Waals surface area contributed by atoms with E-state index in [2.05, 4.69) is 30.1 Å². The summed E-state index contributed by atoms with van der Waals surface area (Å²) in [6, 6.07) is 12.0. The molecule has 0 saturated carbocycles. The Morgan fingerprint density at radius 1 is 1.14 bits per heavy atom. The van der Waals surface area contributed by atoms with E-state index in [1.165, 1.54) is 30.2 Å². The number of phenolic OH excluding ortho intramolecular Hbond substituents is 1. The number of hydrogen-bond acceptors (Lipinski definition) is 3. The van der Waals surface area contributed by atoms with Gasteiger partial charge in [0.1, 0.15) is 5.75 Å². The zero-order valence-electron chi connectivity index (χ0n) is 13.3. The van der Waals surface area contributed by atoms with Gasteiger partial charge in [-0.25, -0.2) is 0 Å². The lowest BCUT2D eigenvalue weighted by atomic mass is 10.1. The van der Waals surface area contributed by atoms with Crippen molar-refractivity contribution in [2.24, 2.45) is 0 Å². The van der Waals surface area contributed by atoms with Gasteiger partial charge in [-0.3, -0.25) is 0 Å². The minimum atomic E-state index is 0.324. The van der Waals surface area contributed by atoms with Gasteiger partial charge in [0.2, 0.25) is 0 Å². The lowest BCUT2D eigenvalue weighted by molar-refractivity contribution is 0.00641. The van der Waals surface area contributed by atoms with Gasteiger partial charge < -0.3 is 14.7 Å². The number of ether oxygens (including phenoxy) is 1. The van der Waals surface area contributed by atoms with Crippen LogP contribution in [0.3, 0.4) is 0 Å². The predicted octanol–water partition coefficient (Wildman–Crippen LogP) is 3.94. The molecule has 0 amide bonds. The summed E-state index contributed by atoms with van der Waals surface area (Å²) < 4.78 is 5.80. The summed E-state index contributed by atoms with van der Waals surface area (Å²) in [4.78, 5) is 2.36. The van der Waals surface area contributed by atoms with Crippen LogP contribution in [0.15, 0.2) is 36.4 Å². The minimum absolute atomic E-state index is 0.324.